The van der Waals surface area contributed by atoms with Crippen LogP contribution in [-0.2, 0) is 20.0 Å². The van der Waals surface area contributed by atoms with E-state index >= 15 is 0 Å². The van der Waals surface area contributed by atoms with E-state index in [9.17, 15) is 16.8 Å². The van der Waals surface area contributed by atoms with E-state index in [2.05, 4.69) is 9.44 Å². The number of hydrogen-bond donors (Lipinski definition) is 3. The number of nitrogens with two attached hydrogens (primary N) is 1. The molecule has 0 aliphatic heterocycles. The van der Waals surface area contributed by atoms with Gasteiger partial charge < -0.3 is 5.73 Å². The monoisotopic (exact) mass is 307 g/mol. The van der Waals surface area contributed by atoms with E-state index in [0.29, 0.717) is 5.69 Å². The number of nitrogens with one attached hydrogen (secondary N) is 2. The first-order valence-electron chi connectivity index (χ1n) is 5.42. The van der Waals surface area contributed by atoms with E-state index < -0.39 is 20.0 Å². The molecule has 0 fully saturated rings. The minimum atomic E-state index is -3.68. The Bertz CT molecular complexity index is 653. The van der Waals surface area contributed by atoms with Crippen LogP contribution in [0.15, 0.2) is 23.1 Å². The third kappa shape index (κ3) is 5.15. The van der Waals surface area contributed by atoms with E-state index in [-0.39, 0.29) is 18.0 Å². The molecule has 0 heterocycles. The molecule has 0 aliphatic rings. The van der Waals surface area contributed by atoms with Crippen LogP contribution >= 0.6 is 0 Å². The van der Waals surface area contributed by atoms with Gasteiger partial charge in [-0.05, 0) is 24.6 Å². The van der Waals surface area contributed by atoms with Gasteiger partial charge in [-0.1, -0.05) is 6.07 Å². The normalized spacial score (nSPS) is 12.5. The van der Waals surface area contributed by atoms with E-state index in [4.69, 9.17) is 5.73 Å². The molecule has 1 rings (SSSR count). The van der Waals surface area contributed by atoms with Crippen LogP contribution in [0.25, 0.3) is 0 Å². The highest BCUT2D eigenvalue weighted by Gasteiger charge is 2.14. The summed E-state index contributed by atoms with van der Waals surface area (Å²) in [7, 11) is -7.01. The molecule has 0 bridgehead atoms. The van der Waals surface area contributed by atoms with Gasteiger partial charge in [0.1, 0.15) is 0 Å². The quantitative estimate of drug-likeness (QED) is 0.479. The molecule has 0 aromatic heterocycles. The first-order chi connectivity index (χ1) is 8.62. The summed E-state index contributed by atoms with van der Waals surface area (Å²) >= 11 is 0. The Labute approximate surface area is 113 Å². The van der Waals surface area contributed by atoms with Crippen molar-refractivity contribution in [2.45, 2.75) is 11.8 Å². The molecular formula is C10H17N3O4S2. The molecule has 0 radical (unpaired) electrons. The average Bonchev–Trinajstić information content (AvgIpc) is 2.27. The van der Waals surface area contributed by atoms with E-state index in [1.54, 1.807) is 13.0 Å². The molecule has 0 spiro atoms. The van der Waals surface area contributed by atoms with Crippen LogP contribution in [0.1, 0.15) is 5.56 Å². The summed E-state index contributed by atoms with van der Waals surface area (Å²) in [6, 6.07) is 4.42. The number of nitrogen functional groups attached to an aromatic ring is 1. The number of aryl methyl sites for hydroxylation is 1. The largest absolute Gasteiger partial charge is 0.398 e. The van der Waals surface area contributed by atoms with Gasteiger partial charge in [-0.25, -0.2) is 26.3 Å². The maximum absolute atomic E-state index is 11.9. The molecule has 7 nitrogen and oxygen atoms in total. The van der Waals surface area contributed by atoms with Gasteiger partial charge >= 0.3 is 0 Å². The van der Waals surface area contributed by atoms with Gasteiger partial charge in [0, 0.05) is 18.8 Å². The third-order valence-electron chi connectivity index (χ3n) is 2.34. The number of anilines is 1. The first-order valence-corrected chi connectivity index (χ1v) is 8.80. The predicted octanol–water partition coefficient (Wildman–Crippen LogP) is -0.595. The molecule has 0 aliphatic carbocycles. The van der Waals surface area contributed by atoms with Crippen LogP contribution in [0.5, 0.6) is 0 Å². The molecule has 19 heavy (non-hydrogen) atoms. The van der Waals surface area contributed by atoms with Gasteiger partial charge in [0.05, 0.1) is 11.2 Å². The van der Waals surface area contributed by atoms with Crippen LogP contribution in [-0.4, -0.2) is 36.2 Å². The van der Waals surface area contributed by atoms with Crippen molar-refractivity contribution in [1.29, 1.82) is 0 Å². The first kappa shape index (κ1) is 15.9. The van der Waals surface area contributed by atoms with Crippen molar-refractivity contribution in [3.63, 3.8) is 0 Å². The smallest absolute Gasteiger partial charge is 0.240 e. The summed E-state index contributed by atoms with van der Waals surface area (Å²) in [5.41, 5.74) is 6.82. The standard InChI is InChI=1S/C10H17N3O4S2/c1-8-3-4-9(7-10(8)11)19(16,17)13-6-5-12-18(2,14)15/h3-4,7,12-13H,5-6,11H2,1-2H3. The average molecular weight is 307 g/mol. The molecule has 0 amide bonds. The lowest BCUT2D eigenvalue weighted by molar-refractivity contribution is 0.573. The molecule has 9 heteroatoms. The Kier molecular flexibility index (Phi) is 4.91. The molecule has 1 aromatic rings. The van der Waals surface area contributed by atoms with Crippen molar-refractivity contribution in [2.75, 3.05) is 25.1 Å². The fourth-order valence-corrected chi connectivity index (χ4v) is 2.83. The fourth-order valence-electron chi connectivity index (χ4n) is 1.29. The van der Waals surface area contributed by atoms with Crippen LogP contribution in [0.4, 0.5) is 5.69 Å². The second-order valence-corrected chi connectivity index (χ2v) is 7.68. The Morgan fingerprint density at radius 2 is 1.68 bits per heavy atom. The molecule has 0 atom stereocenters. The zero-order valence-electron chi connectivity index (χ0n) is 10.7. The molecule has 0 unspecified atom stereocenters. The van der Waals surface area contributed by atoms with Crippen LogP contribution in [0, 0.1) is 6.92 Å². The number of rotatable bonds is 6. The number of benzene rings is 1. The minimum absolute atomic E-state index is 0.0145. The van der Waals surface area contributed by atoms with Crippen LogP contribution < -0.4 is 15.2 Å². The maximum Gasteiger partial charge on any atom is 0.240 e. The summed E-state index contributed by atoms with van der Waals surface area (Å²) in [6.45, 7) is 1.72. The summed E-state index contributed by atoms with van der Waals surface area (Å²) in [4.78, 5) is 0.0509. The second-order valence-electron chi connectivity index (χ2n) is 4.08. The Hall–Kier alpha value is -1.16. The topological polar surface area (TPSA) is 118 Å². The summed E-state index contributed by atoms with van der Waals surface area (Å²) < 4.78 is 49.8. The van der Waals surface area contributed by atoms with E-state index in [1.165, 1.54) is 12.1 Å². The zero-order valence-corrected chi connectivity index (χ0v) is 12.3. The fraction of sp³-hybridized carbons (Fsp3) is 0.400. The molecule has 1 aromatic carbocycles. The van der Waals surface area contributed by atoms with Crippen LogP contribution in [0.3, 0.4) is 0 Å². The second kappa shape index (κ2) is 5.87. The van der Waals surface area contributed by atoms with Gasteiger partial charge in [-0.15, -0.1) is 0 Å². The highest BCUT2D eigenvalue weighted by Crippen LogP contribution is 2.16. The maximum atomic E-state index is 11.9. The highest BCUT2D eigenvalue weighted by atomic mass is 32.2. The van der Waals surface area contributed by atoms with Gasteiger partial charge in [-0.2, -0.15) is 0 Å². The molecule has 108 valence electrons. The predicted molar refractivity (Wildman–Crippen MR) is 73.6 cm³/mol. The van der Waals surface area contributed by atoms with Gasteiger partial charge in [0.25, 0.3) is 0 Å². The van der Waals surface area contributed by atoms with Gasteiger partial charge in [0.2, 0.25) is 20.0 Å². The van der Waals surface area contributed by atoms with Gasteiger partial charge in [-0.3, -0.25) is 0 Å². The Morgan fingerprint density at radius 1 is 1.11 bits per heavy atom. The van der Waals surface area contributed by atoms with Crippen molar-refractivity contribution in [1.82, 2.24) is 9.44 Å². The van der Waals surface area contributed by atoms with Crippen LogP contribution in [0.2, 0.25) is 0 Å². The van der Waals surface area contributed by atoms with Crippen molar-refractivity contribution < 1.29 is 16.8 Å². The lowest BCUT2D eigenvalue weighted by Crippen LogP contribution is -2.34. The summed E-state index contributed by atoms with van der Waals surface area (Å²) in [6.07, 6.45) is 1.00. The zero-order chi connectivity index (χ0) is 14.7. The summed E-state index contributed by atoms with van der Waals surface area (Å²) in [5, 5.41) is 0. The van der Waals surface area contributed by atoms with Gasteiger partial charge in [0.15, 0.2) is 0 Å². The van der Waals surface area contributed by atoms with E-state index in [0.717, 1.165) is 11.8 Å². The molecule has 0 saturated carbocycles. The van der Waals surface area contributed by atoms with Crippen molar-refractivity contribution >= 4 is 25.7 Å². The lowest BCUT2D eigenvalue weighted by atomic mass is 10.2. The number of sulfonamides is 2. The van der Waals surface area contributed by atoms with E-state index in [1.807, 2.05) is 0 Å². The minimum Gasteiger partial charge on any atom is -0.398 e. The molecule has 4 N–H and O–H groups in total. The summed E-state index contributed by atoms with van der Waals surface area (Å²) in [5.74, 6) is 0. The number of hydrogen-bond acceptors (Lipinski definition) is 5. The molecular weight excluding hydrogens is 290 g/mol. The van der Waals surface area contributed by atoms with Crippen molar-refractivity contribution in [2.24, 2.45) is 0 Å². The SMILES string of the molecule is Cc1ccc(S(=O)(=O)NCCNS(C)(=O)=O)cc1N. The Morgan fingerprint density at radius 3 is 2.21 bits per heavy atom. The van der Waals surface area contributed by atoms with Crippen molar-refractivity contribution in [3.8, 4) is 0 Å². The highest BCUT2D eigenvalue weighted by molar-refractivity contribution is 7.89. The third-order valence-corrected chi connectivity index (χ3v) is 4.53. The molecule has 0 saturated heterocycles. The van der Waals surface area contributed by atoms with Crippen molar-refractivity contribution in [3.05, 3.63) is 23.8 Å². The lowest BCUT2D eigenvalue weighted by Gasteiger charge is -2.08. The Balaban J connectivity index is 2.68.